The van der Waals surface area contributed by atoms with Crippen LogP contribution >= 0.6 is 11.8 Å². The normalized spacial score (nSPS) is 16.2. The van der Waals surface area contributed by atoms with E-state index >= 15 is 0 Å². The number of rotatable bonds is 5. The van der Waals surface area contributed by atoms with Gasteiger partial charge in [0.15, 0.2) is 5.17 Å². The molecule has 5 nitrogen and oxygen atoms in total. The first-order chi connectivity index (χ1) is 12.2. The number of ether oxygens (including phenoxy) is 1. The van der Waals surface area contributed by atoms with Crippen molar-refractivity contribution in [2.75, 3.05) is 12.9 Å². The lowest BCUT2D eigenvalue weighted by atomic mass is 10.1. The predicted molar refractivity (Wildman–Crippen MR) is 102 cm³/mol. The molecule has 0 unspecified atom stereocenters. The van der Waals surface area contributed by atoms with Crippen LogP contribution < -0.4 is 4.74 Å². The van der Waals surface area contributed by atoms with E-state index in [4.69, 9.17) is 4.74 Å². The Morgan fingerprint density at radius 1 is 1.20 bits per heavy atom. The van der Waals surface area contributed by atoms with Crippen LogP contribution in [-0.4, -0.2) is 35.1 Å². The van der Waals surface area contributed by atoms with Crippen LogP contribution in [0.25, 0.3) is 0 Å². The molecule has 128 valence electrons. The zero-order valence-electron chi connectivity index (χ0n) is 14.2. The van der Waals surface area contributed by atoms with Gasteiger partial charge in [-0.15, -0.1) is 5.10 Å². The predicted octanol–water partition coefficient (Wildman–Crippen LogP) is 3.47. The summed E-state index contributed by atoms with van der Waals surface area (Å²) in [5.74, 6) is 1.19. The molecule has 0 bridgehead atoms. The summed E-state index contributed by atoms with van der Waals surface area (Å²) in [7, 11) is 1.62. The molecule has 6 heteroatoms. The van der Waals surface area contributed by atoms with Gasteiger partial charge in [0.1, 0.15) is 5.75 Å². The first-order valence-corrected chi connectivity index (χ1v) is 8.89. The molecule has 1 amide bonds. The SMILES string of the molecule is COc1ccccc1C=NN=C1SCC(=O)N1Cc1ccccc1C. The van der Waals surface area contributed by atoms with Gasteiger partial charge in [-0.05, 0) is 30.2 Å². The molecule has 0 aliphatic carbocycles. The van der Waals surface area contributed by atoms with Gasteiger partial charge in [0.2, 0.25) is 5.91 Å². The zero-order chi connectivity index (χ0) is 17.6. The molecule has 1 saturated heterocycles. The van der Waals surface area contributed by atoms with Crippen molar-refractivity contribution < 1.29 is 9.53 Å². The van der Waals surface area contributed by atoms with E-state index in [-0.39, 0.29) is 5.91 Å². The van der Waals surface area contributed by atoms with Crippen molar-refractivity contribution in [3.8, 4) is 5.75 Å². The van der Waals surface area contributed by atoms with Crippen molar-refractivity contribution in [1.82, 2.24) is 4.90 Å². The van der Waals surface area contributed by atoms with Crippen LogP contribution in [0.15, 0.2) is 58.7 Å². The average Bonchev–Trinajstić information content (AvgIpc) is 2.97. The first-order valence-electron chi connectivity index (χ1n) is 7.91. The van der Waals surface area contributed by atoms with E-state index in [9.17, 15) is 4.79 Å². The molecule has 0 aromatic heterocycles. The lowest BCUT2D eigenvalue weighted by Crippen LogP contribution is -2.29. The molecule has 1 heterocycles. The van der Waals surface area contributed by atoms with Crippen molar-refractivity contribution >= 4 is 29.1 Å². The molecule has 1 aliphatic heterocycles. The number of thioether (sulfide) groups is 1. The van der Waals surface area contributed by atoms with Gasteiger partial charge < -0.3 is 4.74 Å². The highest BCUT2D eigenvalue weighted by atomic mass is 32.2. The number of nitrogens with zero attached hydrogens (tertiary/aromatic N) is 3. The van der Waals surface area contributed by atoms with Crippen molar-refractivity contribution in [3.05, 3.63) is 65.2 Å². The highest BCUT2D eigenvalue weighted by Crippen LogP contribution is 2.23. The van der Waals surface area contributed by atoms with E-state index < -0.39 is 0 Å². The Morgan fingerprint density at radius 2 is 1.96 bits per heavy atom. The highest BCUT2D eigenvalue weighted by molar-refractivity contribution is 8.15. The van der Waals surface area contributed by atoms with E-state index in [1.165, 1.54) is 11.8 Å². The molecule has 1 fully saturated rings. The summed E-state index contributed by atoms with van der Waals surface area (Å²) in [6, 6.07) is 15.6. The minimum atomic E-state index is 0.0551. The molecule has 2 aromatic rings. The molecule has 0 atom stereocenters. The van der Waals surface area contributed by atoms with Gasteiger partial charge in [-0.1, -0.05) is 48.2 Å². The molecular formula is C19H19N3O2S. The van der Waals surface area contributed by atoms with E-state index in [1.807, 2.05) is 55.5 Å². The standard InChI is InChI=1S/C19H19N3O2S/c1-14-7-3-4-9-16(14)12-22-18(23)13-25-19(22)21-20-11-15-8-5-6-10-17(15)24-2/h3-11H,12-13H2,1-2H3. The van der Waals surface area contributed by atoms with Crippen LogP contribution in [0.1, 0.15) is 16.7 Å². The van der Waals surface area contributed by atoms with Crippen LogP contribution in [0.2, 0.25) is 0 Å². The number of benzene rings is 2. The Morgan fingerprint density at radius 3 is 2.76 bits per heavy atom. The molecular weight excluding hydrogens is 334 g/mol. The molecule has 0 N–H and O–H groups in total. The smallest absolute Gasteiger partial charge is 0.239 e. The second kappa shape index (κ2) is 7.98. The Balaban J connectivity index is 1.78. The third kappa shape index (κ3) is 4.09. The fraction of sp³-hybridized carbons (Fsp3) is 0.211. The Labute approximate surface area is 151 Å². The Hall–Kier alpha value is -2.60. The van der Waals surface area contributed by atoms with Crippen LogP contribution in [0, 0.1) is 6.92 Å². The maximum Gasteiger partial charge on any atom is 0.239 e. The number of carbonyl (C=O) groups excluding carboxylic acids is 1. The van der Waals surface area contributed by atoms with Gasteiger partial charge in [-0.2, -0.15) is 5.10 Å². The fourth-order valence-corrected chi connectivity index (χ4v) is 3.33. The number of amides is 1. The highest BCUT2D eigenvalue weighted by Gasteiger charge is 2.28. The second-order valence-corrected chi connectivity index (χ2v) is 6.51. The molecule has 3 rings (SSSR count). The van der Waals surface area contributed by atoms with Gasteiger partial charge in [0.25, 0.3) is 0 Å². The number of amidine groups is 1. The summed E-state index contributed by atoms with van der Waals surface area (Å²) >= 11 is 1.41. The van der Waals surface area contributed by atoms with Crippen molar-refractivity contribution in [2.45, 2.75) is 13.5 Å². The van der Waals surface area contributed by atoms with Gasteiger partial charge >= 0.3 is 0 Å². The maximum atomic E-state index is 12.2. The molecule has 2 aromatic carbocycles. The van der Waals surface area contributed by atoms with E-state index in [0.29, 0.717) is 17.5 Å². The zero-order valence-corrected chi connectivity index (χ0v) is 15.0. The number of aryl methyl sites for hydroxylation is 1. The summed E-state index contributed by atoms with van der Waals surface area (Å²) in [6.45, 7) is 2.56. The number of hydrogen-bond donors (Lipinski definition) is 0. The van der Waals surface area contributed by atoms with Crippen molar-refractivity contribution in [1.29, 1.82) is 0 Å². The maximum absolute atomic E-state index is 12.2. The lowest BCUT2D eigenvalue weighted by Gasteiger charge is -2.16. The van der Waals surface area contributed by atoms with Crippen LogP contribution in [0.5, 0.6) is 5.75 Å². The monoisotopic (exact) mass is 353 g/mol. The van der Waals surface area contributed by atoms with Crippen molar-refractivity contribution in [3.63, 3.8) is 0 Å². The van der Waals surface area contributed by atoms with Crippen LogP contribution in [0.4, 0.5) is 0 Å². The minimum Gasteiger partial charge on any atom is -0.496 e. The Bertz CT molecular complexity index is 833. The quantitative estimate of drug-likeness (QED) is 0.611. The van der Waals surface area contributed by atoms with Gasteiger partial charge in [0.05, 0.1) is 25.6 Å². The lowest BCUT2D eigenvalue weighted by molar-refractivity contribution is -0.124. The summed E-state index contributed by atoms with van der Waals surface area (Å²) in [4.78, 5) is 13.9. The van der Waals surface area contributed by atoms with Gasteiger partial charge in [-0.25, -0.2) is 0 Å². The summed E-state index contributed by atoms with van der Waals surface area (Å²) in [5, 5.41) is 9.02. The van der Waals surface area contributed by atoms with Gasteiger partial charge in [-0.3, -0.25) is 9.69 Å². The Kier molecular flexibility index (Phi) is 5.50. The van der Waals surface area contributed by atoms with Crippen molar-refractivity contribution in [2.24, 2.45) is 10.2 Å². The molecule has 0 spiro atoms. The van der Waals surface area contributed by atoms with E-state index in [1.54, 1.807) is 18.2 Å². The third-order valence-electron chi connectivity index (χ3n) is 3.93. The molecule has 1 aliphatic rings. The van der Waals surface area contributed by atoms with Crippen LogP contribution in [-0.2, 0) is 11.3 Å². The number of carbonyl (C=O) groups is 1. The summed E-state index contributed by atoms with van der Waals surface area (Å²) in [5.41, 5.74) is 3.11. The molecule has 0 saturated carbocycles. The first kappa shape index (κ1) is 17.2. The largest absolute Gasteiger partial charge is 0.496 e. The van der Waals surface area contributed by atoms with E-state index in [2.05, 4.69) is 10.2 Å². The van der Waals surface area contributed by atoms with Gasteiger partial charge in [0, 0.05) is 5.56 Å². The fourth-order valence-electron chi connectivity index (χ4n) is 2.50. The number of para-hydroxylation sites is 1. The van der Waals surface area contributed by atoms with E-state index in [0.717, 1.165) is 22.4 Å². The molecule has 0 radical (unpaired) electrons. The third-order valence-corrected chi connectivity index (χ3v) is 4.88. The summed E-state index contributed by atoms with van der Waals surface area (Å²) < 4.78 is 5.29. The second-order valence-electron chi connectivity index (χ2n) is 5.56. The average molecular weight is 353 g/mol. The molecule has 25 heavy (non-hydrogen) atoms. The number of methoxy groups -OCH3 is 1. The summed E-state index contributed by atoms with van der Waals surface area (Å²) in [6.07, 6.45) is 1.64. The topological polar surface area (TPSA) is 54.3 Å². The minimum absolute atomic E-state index is 0.0551. The number of hydrogen-bond acceptors (Lipinski definition) is 5. The van der Waals surface area contributed by atoms with Crippen LogP contribution in [0.3, 0.4) is 0 Å².